The van der Waals surface area contributed by atoms with E-state index in [2.05, 4.69) is 43.0 Å². The molecule has 19 heavy (non-hydrogen) atoms. The van der Waals surface area contributed by atoms with Crippen molar-refractivity contribution in [2.24, 2.45) is 11.7 Å². The van der Waals surface area contributed by atoms with Crippen molar-refractivity contribution in [3.63, 3.8) is 0 Å². The number of hydrogen-bond donors (Lipinski definition) is 1. The Hall–Kier alpha value is -1.02. The number of rotatable bonds is 6. The highest BCUT2D eigenvalue weighted by atomic mass is 15.2. The molecule has 2 unspecified atom stereocenters. The Bertz CT molecular complexity index is 389. The molecule has 106 valence electrons. The third-order valence-electron chi connectivity index (χ3n) is 4.32. The quantitative estimate of drug-likeness (QED) is 0.847. The van der Waals surface area contributed by atoms with E-state index in [1.54, 1.807) is 0 Å². The third-order valence-corrected chi connectivity index (χ3v) is 4.32. The van der Waals surface area contributed by atoms with Crippen LogP contribution in [0.1, 0.15) is 45.1 Å². The van der Waals surface area contributed by atoms with Gasteiger partial charge in [-0.05, 0) is 43.2 Å². The summed E-state index contributed by atoms with van der Waals surface area (Å²) in [6.07, 6.45) is 6.07. The SMILES string of the molecule is CCCC1CCN(c2ccccc2CC(N)CC)C1. The summed E-state index contributed by atoms with van der Waals surface area (Å²) < 4.78 is 0. The number of nitrogens with zero attached hydrogens (tertiary/aromatic N) is 1. The molecule has 1 fully saturated rings. The fourth-order valence-corrected chi connectivity index (χ4v) is 3.11. The molecule has 0 radical (unpaired) electrons. The Morgan fingerprint density at radius 1 is 1.32 bits per heavy atom. The Labute approximate surface area is 118 Å². The number of anilines is 1. The van der Waals surface area contributed by atoms with Gasteiger partial charge in [-0.3, -0.25) is 0 Å². The monoisotopic (exact) mass is 260 g/mol. The van der Waals surface area contributed by atoms with Gasteiger partial charge in [0.2, 0.25) is 0 Å². The molecular weight excluding hydrogens is 232 g/mol. The maximum Gasteiger partial charge on any atom is 0.0399 e. The Balaban J connectivity index is 2.07. The van der Waals surface area contributed by atoms with Crippen molar-refractivity contribution >= 4 is 5.69 Å². The topological polar surface area (TPSA) is 29.3 Å². The van der Waals surface area contributed by atoms with E-state index in [1.165, 1.54) is 43.6 Å². The van der Waals surface area contributed by atoms with Crippen LogP contribution in [0.4, 0.5) is 5.69 Å². The molecule has 1 aromatic carbocycles. The standard InChI is InChI=1S/C17H28N2/c1-3-7-14-10-11-19(13-14)17-9-6-5-8-15(17)12-16(18)4-2/h5-6,8-9,14,16H,3-4,7,10-13,18H2,1-2H3. The average molecular weight is 260 g/mol. The maximum atomic E-state index is 6.13. The largest absolute Gasteiger partial charge is 0.371 e. The second-order valence-corrected chi connectivity index (χ2v) is 5.89. The van der Waals surface area contributed by atoms with Crippen molar-refractivity contribution in [1.82, 2.24) is 0 Å². The highest BCUT2D eigenvalue weighted by molar-refractivity contribution is 5.54. The molecular formula is C17H28N2. The molecule has 1 aliphatic rings. The summed E-state index contributed by atoms with van der Waals surface area (Å²) >= 11 is 0. The van der Waals surface area contributed by atoms with Crippen molar-refractivity contribution in [3.05, 3.63) is 29.8 Å². The lowest BCUT2D eigenvalue weighted by Crippen LogP contribution is -2.25. The van der Waals surface area contributed by atoms with Crippen LogP contribution in [0.25, 0.3) is 0 Å². The summed E-state index contributed by atoms with van der Waals surface area (Å²) in [7, 11) is 0. The van der Waals surface area contributed by atoms with Crippen LogP contribution in [0.5, 0.6) is 0 Å². The summed E-state index contributed by atoms with van der Waals surface area (Å²) in [5, 5.41) is 0. The van der Waals surface area contributed by atoms with Gasteiger partial charge in [0, 0.05) is 24.8 Å². The number of benzene rings is 1. The lowest BCUT2D eigenvalue weighted by Gasteiger charge is -2.23. The highest BCUT2D eigenvalue weighted by Gasteiger charge is 2.23. The van der Waals surface area contributed by atoms with Crippen molar-refractivity contribution in [2.45, 2.75) is 52.0 Å². The molecule has 1 aliphatic heterocycles. The molecule has 2 heteroatoms. The van der Waals surface area contributed by atoms with Crippen molar-refractivity contribution < 1.29 is 0 Å². The normalized spacial score (nSPS) is 20.8. The van der Waals surface area contributed by atoms with Gasteiger partial charge < -0.3 is 10.6 Å². The van der Waals surface area contributed by atoms with Gasteiger partial charge in [-0.1, -0.05) is 38.5 Å². The summed E-state index contributed by atoms with van der Waals surface area (Å²) in [4.78, 5) is 2.57. The van der Waals surface area contributed by atoms with E-state index in [0.717, 1.165) is 18.8 Å². The van der Waals surface area contributed by atoms with Crippen LogP contribution in [0.15, 0.2) is 24.3 Å². The van der Waals surface area contributed by atoms with Crippen LogP contribution in [-0.4, -0.2) is 19.1 Å². The van der Waals surface area contributed by atoms with E-state index in [4.69, 9.17) is 5.73 Å². The minimum atomic E-state index is 0.287. The summed E-state index contributed by atoms with van der Waals surface area (Å²) in [6, 6.07) is 9.10. The molecule has 0 amide bonds. The Kier molecular flexibility index (Phi) is 5.26. The first-order valence-electron chi connectivity index (χ1n) is 7.83. The molecule has 0 spiro atoms. The fourth-order valence-electron chi connectivity index (χ4n) is 3.11. The molecule has 0 saturated carbocycles. The highest BCUT2D eigenvalue weighted by Crippen LogP contribution is 2.29. The molecule has 2 N–H and O–H groups in total. The van der Waals surface area contributed by atoms with Crippen LogP contribution in [0.2, 0.25) is 0 Å². The fraction of sp³-hybridized carbons (Fsp3) is 0.647. The van der Waals surface area contributed by atoms with Gasteiger partial charge in [0.05, 0.1) is 0 Å². The molecule has 0 aliphatic carbocycles. The Morgan fingerprint density at radius 2 is 2.11 bits per heavy atom. The lowest BCUT2D eigenvalue weighted by atomic mass is 10.0. The smallest absolute Gasteiger partial charge is 0.0399 e. The van der Waals surface area contributed by atoms with E-state index in [-0.39, 0.29) is 6.04 Å². The van der Waals surface area contributed by atoms with Gasteiger partial charge >= 0.3 is 0 Å². The first-order chi connectivity index (χ1) is 9.24. The maximum absolute atomic E-state index is 6.13. The summed E-state index contributed by atoms with van der Waals surface area (Å²) in [5.41, 5.74) is 8.98. The van der Waals surface area contributed by atoms with E-state index < -0.39 is 0 Å². The second kappa shape index (κ2) is 6.95. The molecule has 1 saturated heterocycles. The first-order valence-corrected chi connectivity index (χ1v) is 7.83. The molecule has 1 aromatic rings. The van der Waals surface area contributed by atoms with E-state index >= 15 is 0 Å². The van der Waals surface area contributed by atoms with Crippen LogP contribution in [0, 0.1) is 5.92 Å². The average Bonchev–Trinajstić information content (AvgIpc) is 2.88. The minimum absolute atomic E-state index is 0.287. The van der Waals surface area contributed by atoms with Gasteiger partial charge in [0.1, 0.15) is 0 Å². The minimum Gasteiger partial charge on any atom is -0.371 e. The van der Waals surface area contributed by atoms with Crippen LogP contribution >= 0.6 is 0 Å². The summed E-state index contributed by atoms with van der Waals surface area (Å²) in [6.45, 7) is 6.90. The van der Waals surface area contributed by atoms with E-state index in [0.29, 0.717) is 0 Å². The van der Waals surface area contributed by atoms with Crippen molar-refractivity contribution in [3.8, 4) is 0 Å². The number of para-hydroxylation sites is 1. The van der Waals surface area contributed by atoms with Gasteiger partial charge in [-0.15, -0.1) is 0 Å². The molecule has 1 heterocycles. The third kappa shape index (κ3) is 3.73. The molecule has 2 rings (SSSR count). The van der Waals surface area contributed by atoms with Crippen LogP contribution < -0.4 is 10.6 Å². The van der Waals surface area contributed by atoms with Gasteiger partial charge in [-0.25, -0.2) is 0 Å². The van der Waals surface area contributed by atoms with Crippen molar-refractivity contribution in [2.75, 3.05) is 18.0 Å². The van der Waals surface area contributed by atoms with Crippen LogP contribution in [0.3, 0.4) is 0 Å². The number of nitrogens with two attached hydrogens (primary N) is 1. The number of hydrogen-bond acceptors (Lipinski definition) is 2. The molecule has 0 bridgehead atoms. The predicted molar refractivity (Wildman–Crippen MR) is 83.6 cm³/mol. The zero-order valence-electron chi connectivity index (χ0n) is 12.4. The zero-order valence-corrected chi connectivity index (χ0v) is 12.4. The zero-order chi connectivity index (χ0) is 13.7. The first kappa shape index (κ1) is 14.4. The Morgan fingerprint density at radius 3 is 2.84 bits per heavy atom. The molecule has 0 aromatic heterocycles. The van der Waals surface area contributed by atoms with E-state index in [9.17, 15) is 0 Å². The predicted octanol–water partition coefficient (Wildman–Crippen LogP) is 3.59. The van der Waals surface area contributed by atoms with Crippen molar-refractivity contribution in [1.29, 1.82) is 0 Å². The summed E-state index contributed by atoms with van der Waals surface area (Å²) in [5.74, 6) is 0.887. The van der Waals surface area contributed by atoms with Gasteiger partial charge in [-0.2, -0.15) is 0 Å². The second-order valence-electron chi connectivity index (χ2n) is 5.89. The molecule has 2 atom stereocenters. The van der Waals surface area contributed by atoms with Gasteiger partial charge in [0.25, 0.3) is 0 Å². The molecule has 2 nitrogen and oxygen atoms in total. The van der Waals surface area contributed by atoms with Gasteiger partial charge in [0.15, 0.2) is 0 Å². The van der Waals surface area contributed by atoms with Crippen LogP contribution in [-0.2, 0) is 6.42 Å². The lowest BCUT2D eigenvalue weighted by molar-refractivity contribution is 0.529. The van der Waals surface area contributed by atoms with E-state index in [1.807, 2.05) is 0 Å².